The molecule has 1 unspecified atom stereocenters. The van der Waals surface area contributed by atoms with Gasteiger partial charge in [0.05, 0.1) is 152 Å². The lowest BCUT2D eigenvalue weighted by atomic mass is 10.2. The van der Waals surface area contributed by atoms with Gasteiger partial charge in [-0.05, 0) is 0 Å². The number of carbonyl (C=O) groups is 1. The number of ketones is 1. The smallest absolute Gasteiger partial charge is 0.251 e. The topological polar surface area (TPSA) is 194 Å². The molecule has 0 aliphatic heterocycles. The predicted molar refractivity (Wildman–Crippen MR) is 152 cm³/mol. The van der Waals surface area contributed by atoms with Crippen LogP contribution in [-0.2, 0) is 61.6 Å². The Labute approximate surface area is 255 Å². The van der Waals surface area contributed by atoms with Crippen LogP contribution in [0.15, 0.2) is 0 Å². The highest BCUT2D eigenvalue weighted by Gasteiger charge is 2.35. The molecule has 0 aliphatic carbocycles. The van der Waals surface area contributed by atoms with Crippen LogP contribution in [-0.4, -0.2) is 187 Å². The quantitative estimate of drug-likeness (QED) is 0.0503. The Bertz CT molecular complexity index is 579. The molecular formula is C27H55NO15. The minimum Gasteiger partial charge on any atom is -0.394 e. The first-order chi connectivity index (χ1) is 21.1. The van der Waals surface area contributed by atoms with Crippen LogP contribution in [0.4, 0.5) is 0 Å². The third-order valence-electron chi connectivity index (χ3n) is 5.21. The number of carbonyl (C=O) groups excluding carboxylic acids is 1. The van der Waals surface area contributed by atoms with Gasteiger partial charge < -0.3 is 72.8 Å². The van der Waals surface area contributed by atoms with Crippen LogP contribution in [0.25, 0.3) is 0 Å². The summed E-state index contributed by atoms with van der Waals surface area (Å²) in [5, 5.41) is 18.5. The van der Waals surface area contributed by atoms with Crippen molar-refractivity contribution in [3.8, 4) is 0 Å². The molecule has 258 valence electrons. The van der Waals surface area contributed by atoms with Gasteiger partial charge in [-0.15, -0.1) is 0 Å². The van der Waals surface area contributed by atoms with Crippen LogP contribution in [0.1, 0.15) is 0 Å². The molecule has 0 amide bonds. The van der Waals surface area contributed by atoms with Gasteiger partial charge in [-0.1, -0.05) is 0 Å². The van der Waals surface area contributed by atoms with Gasteiger partial charge in [0, 0.05) is 7.11 Å². The molecule has 1 atom stereocenters. The second-order valence-electron chi connectivity index (χ2n) is 8.52. The number of ether oxygens (including phenoxy) is 12. The first kappa shape index (κ1) is 42.1. The summed E-state index contributed by atoms with van der Waals surface area (Å²) in [4.78, 5) is 11.5. The summed E-state index contributed by atoms with van der Waals surface area (Å²) in [6.45, 7) is 8.53. The van der Waals surface area contributed by atoms with Gasteiger partial charge in [0.25, 0.3) is 5.79 Å². The minimum atomic E-state index is -2.03. The number of aliphatic hydroxyl groups is 2. The predicted octanol–water partition coefficient (Wildman–Crippen LogP) is -1.98. The van der Waals surface area contributed by atoms with E-state index in [1.54, 1.807) is 0 Å². The molecule has 0 fully saturated rings. The average Bonchev–Trinajstić information content (AvgIpc) is 3.02. The number of nitrogens with two attached hydrogens (primary N) is 1. The maximum Gasteiger partial charge on any atom is 0.251 e. The molecule has 16 nitrogen and oxygen atoms in total. The van der Waals surface area contributed by atoms with Crippen molar-refractivity contribution in [2.24, 2.45) is 5.73 Å². The van der Waals surface area contributed by atoms with Gasteiger partial charge in [-0.2, -0.15) is 0 Å². The van der Waals surface area contributed by atoms with Crippen LogP contribution in [0.3, 0.4) is 0 Å². The fraction of sp³-hybridized carbons (Fsp3) is 0.963. The Morgan fingerprint density at radius 3 is 0.930 bits per heavy atom. The molecule has 0 radical (unpaired) electrons. The molecule has 0 saturated carbocycles. The van der Waals surface area contributed by atoms with Crippen LogP contribution in [0.2, 0.25) is 0 Å². The molecular weight excluding hydrogens is 578 g/mol. The molecule has 43 heavy (non-hydrogen) atoms. The highest BCUT2D eigenvalue weighted by Crippen LogP contribution is 2.07. The van der Waals surface area contributed by atoms with E-state index in [0.29, 0.717) is 126 Å². The Morgan fingerprint density at radius 2 is 0.721 bits per heavy atom. The number of Topliss-reactive ketones (excluding diaryl/α,β-unsaturated/α-hetero) is 1. The summed E-state index contributed by atoms with van der Waals surface area (Å²) in [6.07, 6.45) is 0. The summed E-state index contributed by atoms with van der Waals surface area (Å²) >= 11 is 0. The van der Waals surface area contributed by atoms with Gasteiger partial charge in [-0.25, -0.2) is 0 Å². The molecule has 0 bridgehead atoms. The fourth-order valence-electron chi connectivity index (χ4n) is 2.89. The zero-order valence-electron chi connectivity index (χ0n) is 25.7. The monoisotopic (exact) mass is 633 g/mol. The van der Waals surface area contributed by atoms with Crippen LogP contribution in [0, 0.1) is 0 Å². The molecule has 0 saturated heterocycles. The normalized spacial score (nSPS) is 13.0. The first-order valence-electron chi connectivity index (χ1n) is 14.6. The third kappa shape index (κ3) is 29.5. The van der Waals surface area contributed by atoms with E-state index in [1.807, 2.05) is 0 Å². The lowest BCUT2D eigenvalue weighted by Gasteiger charge is -2.23. The van der Waals surface area contributed by atoms with E-state index in [-0.39, 0.29) is 33.0 Å². The largest absolute Gasteiger partial charge is 0.394 e. The Balaban J connectivity index is 3.15. The zero-order valence-corrected chi connectivity index (χ0v) is 25.7. The molecule has 0 aliphatic rings. The number of hydrogen-bond donors (Lipinski definition) is 3. The van der Waals surface area contributed by atoms with Crippen LogP contribution >= 0.6 is 0 Å². The van der Waals surface area contributed by atoms with E-state index < -0.39 is 11.6 Å². The second kappa shape index (κ2) is 34.0. The minimum absolute atomic E-state index is 0.0177. The fourth-order valence-corrected chi connectivity index (χ4v) is 2.89. The lowest BCUT2D eigenvalue weighted by molar-refractivity contribution is -0.214. The van der Waals surface area contributed by atoms with Crippen LogP contribution in [0.5, 0.6) is 0 Å². The number of methoxy groups -OCH3 is 1. The van der Waals surface area contributed by atoms with Gasteiger partial charge in [0.15, 0.2) is 0 Å². The summed E-state index contributed by atoms with van der Waals surface area (Å²) in [5.41, 5.74) is 5.23. The van der Waals surface area contributed by atoms with E-state index in [9.17, 15) is 9.90 Å². The lowest BCUT2D eigenvalue weighted by Crippen LogP contribution is -2.48. The van der Waals surface area contributed by atoms with Gasteiger partial charge in [-0.3, -0.25) is 4.79 Å². The number of aliphatic hydroxyl groups excluding tert-OH is 1. The van der Waals surface area contributed by atoms with Crippen molar-refractivity contribution < 1.29 is 71.8 Å². The standard InChI is InChI=1S/C27H55NO15/c1-32-27(31,26(30)24-28)25-43-23-22-42-21-20-41-19-18-40-17-16-39-15-14-38-13-12-37-11-10-36-9-8-35-7-6-34-5-4-33-3-2-29/h29,31H,2-25,28H2,1H3. The van der Waals surface area contributed by atoms with Crippen molar-refractivity contribution in [1.82, 2.24) is 0 Å². The molecule has 16 heteroatoms. The van der Waals surface area contributed by atoms with Gasteiger partial charge in [0.2, 0.25) is 5.78 Å². The Kier molecular flexibility index (Phi) is 33.2. The van der Waals surface area contributed by atoms with Crippen molar-refractivity contribution in [3.63, 3.8) is 0 Å². The summed E-state index contributed by atoms with van der Waals surface area (Å²) in [5.74, 6) is -2.68. The number of rotatable bonds is 37. The van der Waals surface area contributed by atoms with E-state index in [0.717, 1.165) is 0 Å². The SMILES string of the molecule is COC(O)(COCCOCCOCCOCCOCCOCCOCCOCCOCCOCCOCCO)C(=O)CN. The summed E-state index contributed by atoms with van der Waals surface area (Å²) in [6, 6.07) is 0. The molecule has 4 N–H and O–H groups in total. The summed E-state index contributed by atoms with van der Waals surface area (Å²) < 4.78 is 63.6. The van der Waals surface area contributed by atoms with E-state index in [1.165, 1.54) is 7.11 Å². The molecule has 0 heterocycles. The van der Waals surface area contributed by atoms with Crippen molar-refractivity contribution in [1.29, 1.82) is 0 Å². The van der Waals surface area contributed by atoms with E-state index >= 15 is 0 Å². The van der Waals surface area contributed by atoms with Crippen molar-refractivity contribution in [2.75, 3.05) is 166 Å². The molecule has 0 aromatic carbocycles. The maximum atomic E-state index is 11.5. The van der Waals surface area contributed by atoms with E-state index in [2.05, 4.69) is 0 Å². The zero-order chi connectivity index (χ0) is 31.5. The van der Waals surface area contributed by atoms with E-state index in [4.69, 9.17) is 67.7 Å². The maximum absolute atomic E-state index is 11.5. The van der Waals surface area contributed by atoms with Crippen molar-refractivity contribution in [2.45, 2.75) is 5.79 Å². The van der Waals surface area contributed by atoms with Crippen LogP contribution < -0.4 is 5.73 Å². The Hall–Kier alpha value is -0.930. The van der Waals surface area contributed by atoms with Crippen molar-refractivity contribution >= 4 is 5.78 Å². The molecule has 0 aromatic rings. The highest BCUT2D eigenvalue weighted by molar-refractivity contribution is 5.87. The van der Waals surface area contributed by atoms with Crippen molar-refractivity contribution in [3.05, 3.63) is 0 Å². The highest BCUT2D eigenvalue weighted by atomic mass is 16.6. The summed E-state index contributed by atoms with van der Waals surface area (Å²) in [7, 11) is 1.21. The Morgan fingerprint density at radius 1 is 0.488 bits per heavy atom. The number of hydrogen-bond acceptors (Lipinski definition) is 16. The average molecular weight is 634 g/mol. The third-order valence-corrected chi connectivity index (χ3v) is 5.21. The van der Waals surface area contributed by atoms with Gasteiger partial charge >= 0.3 is 0 Å². The molecule has 0 aromatic heterocycles. The molecule has 0 spiro atoms. The first-order valence-corrected chi connectivity index (χ1v) is 14.6. The van der Waals surface area contributed by atoms with Gasteiger partial charge in [0.1, 0.15) is 6.61 Å². The second-order valence-corrected chi connectivity index (χ2v) is 8.52. The molecule has 0 rings (SSSR count).